The summed E-state index contributed by atoms with van der Waals surface area (Å²) in [6, 6.07) is 14.9. The van der Waals surface area contributed by atoms with Crippen LogP contribution in [-0.4, -0.2) is 36.1 Å². The molecule has 0 saturated carbocycles. The molecule has 0 spiro atoms. The summed E-state index contributed by atoms with van der Waals surface area (Å²) >= 11 is 6.12. The van der Waals surface area contributed by atoms with E-state index in [1.807, 2.05) is 31.2 Å². The highest BCUT2D eigenvalue weighted by Gasteiger charge is 2.24. The van der Waals surface area contributed by atoms with Crippen molar-refractivity contribution in [1.82, 2.24) is 28.9 Å². The minimum Gasteiger partial charge on any atom is -0.467 e. The Morgan fingerprint density at radius 3 is 2.20 bits per heavy atom. The molecule has 2 aromatic carbocycles. The van der Waals surface area contributed by atoms with Crippen LogP contribution >= 0.6 is 11.6 Å². The Morgan fingerprint density at radius 2 is 1.57 bits per heavy atom. The molecule has 3 heterocycles. The Kier molecular flexibility index (Phi) is 5.70. The zero-order chi connectivity index (χ0) is 24.7. The van der Waals surface area contributed by atoms with Crippen molar-refractivity contribution < 1.29 is 4.74 Å². The third kappa shape index (κ3) is 4.00. The third-order valence-corrected chi connectivity index (χ3v) is 6.00. The van der Waals surface area contributed by atoms with Gasteiger partial charge in [-0.25, -0.2) is 24.1 Å². The van der Waals surface area contributed by atoms with Crippen molar-refractivity contribution in [2.75, 3.05) is 7.11 Å². The highest BCUT2D eigenvalue weighted by atomic mass is 35.5. The molecular weight excluding hydrogens is 468 g/mol. The van der Waals surface area contributed by atoms with Gasteiger partial charge in [0.2, 0.25) is 0 Å². The van der Waals surface area contributed by atoms with Crippen LogP contribution < -0.4 is 16.0 Å². The van der Waals surface area contributed by atoms with Gasteiger partial charge < -0.3 is 4.74 Å². The standard InChI is InChI=1S/C25H21ClN6O3/c1-15-4-6-16(7-5-15)14-31-23(33)21(17-8-10-19(26)11-9-17)20(18-12-27-24(35-3)28-13-18)22-29-30(2)25(34)32(22)31/h4-13H,14H2,1-3H3. The van der Waals surface area contributed by atoms with Gasteiger partial charge in [0.05, 0.1) is 19.2 Å². The predicted molar refractivity (Wildman–Crippen MR) is 133 cm³/mol. The largest absolute Gasteiger partial charge is 0.467 e. The number of aromatic nitrogens is 6. The average molecular weight is 489 g/mol. The highest BCUT2D eigenvalue weighted by molar-refractivity contribution is 6.30. The van der Waals surface area contributed by atoms with Gasteiger partial charge in [-0.05, 0) is 30.2 Å². The van der Waals surface area contributed by atoms with E-state index in [4.69, 9.17) is 16.3 Å². The summed E-state index contributed by atoms with van der Waals surface area (Å²) in [6.45, 7) is 2.17. The van der Waals surface area contributed by atoms with Gasteiger partial charge in [0.25, 0.3) is 5.56 Å². The second-order valence-corrected chi connectivity index (χ2v) is 8.54. The molecule has 3 aromatic heterocycles. The van der Waals surface area contributed by atoms with E-state index in [0.29, 0.717) is 32.9 Å². The lowest BCUT2D eigenvalue weighted by Crippen LogP contribution is -2.34. The molecule has 0 fully saturated rings. The topological polar surface area (TPSA) is 96.3 Å². The molecule has 10 heteroatoms. The summed E-state index contributed by atoms with van der Waals surface area (Å²) in [5.74, 6) is 0. The van der Waals surface area contributed by atoms with E-state index in [2.05, 4.69) is 15.1 Å². The smallest absolute Gasteiger partial charge is 0.365 e. The van der Waals surface area contributed by atoms with E-state index >= 15 is 0 Å². The molecule has 0 radical (unpaired) electrons. The predicted octanol–water partition coefficient (Wildman–Crippen LogP) is 3.34. The Hall–Kier alpha value is -4.24. The summed E-state index contributed by atoms with van der Waals surface area (Å²) in [4.78, 5) is 35.6. The van der Waals surface area contributed by atoms with Gasteiger partial charge in [-0.1, -0.05) is 53.6 Å². The molecule has 0 N–H and O–H groups in total. The van der Waals surface area contributed by atoms with E-state index < -0.39 is 5.69 Å². The van der Waals surface area contributed by atoms with E-state index in [1.165, 1.54) is 21.0 Å². The number of benzene rings is 2. The summed E-state index contributed by atoms with van der Waals surface area (Å²) in [5.41, 5.74) is 3.43. The number of aryl methyl sites for hydroxylation is 2. The Morgan fingerprint density at radius 1 is 0.914 bits per heavy atom. The quantitative estimate of drug-likeness (QED) is 0.376. The van der Waals surface area contributed by atoms with E-state index in [1.54, 1.807) is 43.7 Å². The molecule has 0 amide bonds. The molecule has 35 heavy (non-hydrogen) atoms. The summed E-state index contributed by atoms with van der Waals surface area (Å²) < 4.78 is 9.01. The van der Waals surface area contributed by atoms with Gasteiger partial charge in [0.15, 0.2) is 5.65 Å². The van der Waals surface area contributed by atoms with Crippen molar-refractivity contribution in [3.8, 4) is 28.3 Å². The van der Waals surface area contributed by atoms with Gasteiger partial charge in [-0.2, -0.15) is 4.52 Å². The second kappa shape index (κ2) is 8.84. The molecule has 0 saturated heterocycles. The van der Waals surface area contributed by atoms with E-state index in [-0.39, 0.29) is 18.1 Å². The van der Waals surface area contributed by atoms with Crippen LogP contribution in [0.2, 0.25) is 5.02 Å². The molecule has 0 aliphatic rings. The molecule has 9 nitrogen and oxygen atoms in total. The molecule has 0 atom stereocenters. The minimum absolute atomic E-state index is 0.182. The van der Waals surface area contributed by atoms with Crippen molar-refractivity contribution in [3.05, 3.63) is 97.9 Å². The summed E-state index contributed by atoms with van der Waals surface area (Å²) in [5, 5.41) is 5.03. The van der Waals surface area contributed by atoms with Crippen LogP contribution in [0.25, 0.3) is 27.9 Å². The molecular formula is C25H21ClN6O3. The number of hydrogen-bond donors (Lipinski definition) is 0. The minimum atomic E-state index is -0.442. The van der Waals surface area contributed by atoms with E-state index in [0.717, 1.165) is 11.1 Å². The van der Waals surface area contributed by atoms with Crippen molar-refractivity contribution in [2.45, 2.75) is 13.5 Å². The summed E-state index contributed by atoms with van der Waals surface area (Å²) in [7, 11) is 3.02. The SMILES string of the molecule is COc1ncc(-c2c(-c3ccc(Cl)cc3)c(=O)n(Cc3ccc(C)cc3)n3c(=O)n(C)nc23)cn1. The summed E-state index contributed by atoms with van der Waals surface area (Å²) in [6.07, 6.45) is 3.09. The fourth-order valence-corrected chi connectivity index (χ4v) is 4.11. The molecule has 0 unspecified atom stereocenters. The van der Waals surface area contributed by atoms with Crippen LogP contribution in [0.1, 0.15) is 11.1 Å². The molecule has 0 bridgehead atoms. The lowest BCUT2D eigenvalue weighted by Gasteiger charge is -2.16. The maximum Gasteiger partial charge on any atom is 0.365 e. The molecule has 5 aromatic rings. The van der Waals surface area contributed by atoms with Crippen LogP contribution in [0.4, 0.5) is 0 Å². The van der Waals surface area contributed by atoms with Crippen LogP contribution in [-0.2, 0) is 13.6 Å². The van der Waals surface area contributed by atoms with Gasteiger partial charge in [-0.15, -0.1) is 5.10 Å². The zero-order valence-electron chi connectivity index (χ0n) is 19.3. The average Bonchev–Trinajstić information content (AvgIpc) is 3.16. The van der Waals surface area contributed by atoms with Gasteiger partial charge in [-0.3, -0.25) is 4.79 Å². The Balaban J connectivity index is 1.88. The van der Waals surface area contributed by atoms with Crippen molar-refractivity contribution >= 4 is 17.2 Å². The zero-order valence-corrected chi connectivity index (χ0v) is 20.0. The molecule has 0 aliphatic heterocycles. The molecule has 176 valence electrons. The number of fused-ring (bicyclic) bond motifs is 1. The van der Waals surface area contributed by atoms with Gasteiger partial charge in [0, 0.05) is 35.6 Å². The number of nitrogens with zero attached hydrogens (tertiary/aromatic N) is 6. The fraction of sp³-hybridized carbons (Fsp3) is 0.160. The van der Waals surface area contributed by atoms with Crippen LogP contribution in [0.15, 0.2) is 70.5 Å². The monoisotopic (exact) mass is 488 g/mol. The fourth-order valence-electron chi connectivity index (χ4n) is 3.98. The normalized spacial score (nSPS) is 11.2. The number of rotatable bonds is 5. The van der Waals surface area contributed by atoms with Gasteiger partial charge >= 0.3 is 11.7 Å². The number of methoxy groups -OCH3 is 1. The first-order valence-corrected chi connectivity index (χ1v) is 11.2. The van der Waals surface area contributed by atoms with Crippen LogP contribution in [0, 0.1) is 6.92 Å². The molecule has 5 rings (SSSR count). The first-order chi connectivity index (χ1) is 16.9. The van der Waals surface area contributed by atoms with Crippen molar-refractivity contribution in [2.24, 2.45) is 7.05 Å². The maximum absolute atomic E-state index is 14.1. The maximum atomic E-state index is 14.1. The van der Waals surface area contributed by atoms with E-state index in [9.17, 15) is 9.59 Å². The lowest BCUT2D eigenvalue weighted by atomic mass is 9.98. The number of ether oxygens (including phenoxy) is 1. The number of halogens is 1. The first-order valence-electron chi connectivity index (χ1n) is 10.8. The van der Waals surface area contributed by atoms with Crippen molar-refractivity contribution in [1.29, 1.82) is 0 Å². The lowest BCUT2D eigenvalue weighted by molar-refractivity contribution is 0.380. The van der Waals surface area contributed by atoms with Crippen LogP contribution in [0.3, 0.4) is 0 Å². The highest BCUT2D eigenvalue weighted by Crippen LogP contribution is 2.32. The molecule has 0 aliphatic carbocycles. The van der Waals surface area contributed by atoms with Gasteiger partial charge in [0.1, 0.15) is 0 Å². The van der Waals surface area contributed by atoms with Crippen molar-refractivity contribution in [3.63, 3.8) is 0 Å². The second-order valence-electron chi connectivity index (χ2n) is 8.11. The Labute approximate surface area is 204 Å². The Bertz CT molecular complexity index is 1650. The first kappa shape index (κ1) is 22.5. The third-order valence-electron chi connectivity index (χ3n) is 5.75. The van der Waals surface area contributed by atoms with Crippen LogP contribution in [0.5, 0.6) is 6.01 Å². The number of hydrogen-bond acceptors (Lipinski definition) is 6.